The Morgan fingerprint density at radius 3 is 3.00 bits per heavy atom. The second-order valence-corrected chi connectivity index (χ2v) is 4.38. The monoisotopic (exact) mass is 277 g/mol. The Labute approximate surface area is 113 Å². The Hall–Kier alpha value is -2.21. The van der Waals surface area contributed by atoms with Gasteiger partial charge >= 0.3 is 0 Å². The zero-order valence-electron chi connectivity index (χ0n) is 9.93. The first-order valence-electron chi connectivity index (χ1n) is 5.53. The van der Waals surface area contributed by atoms with Crippen LogP contribution in [0.1, 0.15) is 5.56 Å². The quantitative estimate of drug-likeness (QED) is 0.732. The molecule has 2 heterocycles. The van der Waals surface area contributed by atoms with Crippen molar-refractivity contribution in [1.82, 2.24) is 19.6 Å². The van der Waals surface area contributed by atoms with Gasteiger partial charge < -0.3 is 5.32 Å². The Morgan fingerprint density at radius 2 is 2.21 bits per heavy atom. The lowest BCUT2D eigenvalue weighted by Gasteiger charge is -2.11. The van der Waals surface area contributed by atoms with Gasteiger partial charge in [0.2, 0.25) is 0 Å². The van der Waals surface area contributed by atoms with Crippen molar-refractivity contribution in [2.24, 2.45) is 0 Å². The van der Waals surface area contributed by atoms with Gasteiger partial charge in [0.25, 0.3) is 5.78 Å². The highest BCUT2D eigenvalue weighted by Gasteiger charge is 2.10. The van der Waals surface area contributed by atoms with E-state index in [1.54, 1.807) is 12.1 Å². The van der Waals surface area contributed by atoms with Gasteiger partial charge in [-0.1, -0.05) is 23.7 Å². The maximum absolute atomic E-state index is 13.8. The van der Waals surface area contributed by atoms with Gasteiger partial charge in [-0.15, -0.1) is 0 Å². The first kappa shape index (κ1) is 11.9. The third-order valence-electron chi connectivity index (χ3n) is 2.70. The van der Waals surface area contributed by atoms with Crippen molar-refractivity contribution in [2.45, 2.75) is 6.92 Å². The fraction of sp³-hybridized carbons (Fsp3) is 0.0833. The molecule has 96 valence electrons. The van der Waals surface area contributed by atoms with Gasteiger partial charge in [-0.25, -0.2) is 4.39 Å². The number of aryl methyl sites for hydroxylation is 1. The van der Waals surface area contributed by atoms with Crippen molar-refractivity contribution < 1.29 is 4.39 Å². The van der Waals surface area contributed by atoms with E-state index in [4.69, 9.17) is 11.6 Å². The van der Waals surface area contributed by atoms with Crippen LogP contribution in [0.5, 0.6) is 0 Å². The summed E-state index contributed by atoms with van der Waals surface area (Å²) in [6.07, 6.45) is 1.36. The topological polar surface area (TPSA) is 55.1 Å². The predicted molar refractivity (Wildman–Crippen MR) is 70.2 cm³/mol. The van der Waals surface area contributed by atoms with Crippen LogP contribution in [-0.2, 0) is 0 Å². The molecule has 0 saturated carbocycles. The van der Waals surface area contributed by atoms with Crippen LogP contribution in [0.2, 0.25) is 5.15 Å². The van der Waals surface area contributed by atoms with Crippen molar-refractivity contribution in [3.63, 3.8) is 0 Å². The number of aromatic nitrogens is 4. The maximum Gasteiger partial charge on any atom is 0.255 e. The number of fused-ring (bicyclic) bond motifs is 1. The maximum atomic E-state index is 13.8. The highest BCUT2D eigenvalue weighted by molar-refractivity contribution is 6.29. The van der Waals surface area contributed by atoms with Crippen molar-refractivity contribution in [3.8, 4) is 0 Å². The molecule has 3 aromatic rings. The zero-order chi connectivity index (χ0) is 13.4. The molecular weight excluding hydrogens is 269 g/mol. The molecule has 0 aliphatic heterocycles. The van der Waals surface area contributed by atoms with Crippen LogP contribution in [0.15, 0.2) is 30.6 Å². The molecule has 0 amide bonds. The van der Waals surface area contributed by atoms with E-state index in [0.29, 0.717) is 17.3 Å². The molecule has 0 saturated heterocycles. The number of hydrogen-bond donors (Lipinski definition) is 1. The highest BCUT2D eigenvalue weighted by Crippen LogP contribution is 2.24. The lowest BCUT2D eigenvalue weighted by Crippen LogP contribution is -2.04. The van der Waals surface area contributed by atoms with Crippen LogP contribution in [-0.4, -0.2) is 19.6 Å². The number of hydrogen-bond acceptors (Lipinski definition) is 4. The van der Waals surface area contributed by atoms with E-state index in [-0.39, 0.29) is 11.0 Å². The molecule has 0 atom stereocenters. The van der Waals surface area contributed by atoms with Crippen LogP contribution < -0.4 is 5.32 Å². The summed E-state index contributed by atoms with van der Waals surface area (Å²) >= 11 is 5.90. The van der Waals surface area contributed by atoms with Crippen molar-refractivity contribution in [3.05, 3.63) is 47.1 Å². The van der Waals surface area contributed by atoms with E-state index >= 15 is 0 Å². The number of benzene rings is 1. The molecule has 0 bridgehead atoms. The Morgan fingerprint density at radius 1 is 1.37 bits per heavy atom. The summed E-state index contributed by atoms with van der Waals surface area (Å²) < 4.78 is 15.3. The summed E-state index contributed by atoms with van der Waals surface area (Å²) in [5.74, 6) is 0.505. The van der Waals surface area contributed by atoms with E-state index in [1.165, 1.54) is 16.9 Å². The fourth-order valence-corrected chi connectivity index (χ4v) is 1.97. The fourth-order valence-electron chi connectivity index (χ4n) is 1.79. The summed E-state index contributed by atoms with van der Waals surface area (Å²) in [4.78, 5) is 7.95. The average Bonchev–Trinajstić information content (AvgIpc) is 2.81. The molecule has 0 aliphatic carbocycles. The Bertz CT molecular complexity index is 735. The van der Waals surface area contributed by atoms with Gasteiger partial charge in [-0.3, -0.25) is 0 Å². The summed E-state index contributed by atoms with van der Waals surface area (Å²) in [5, 5.41) is 7.25. The number of rotatable bonds is 2. The van der Waals surface area contributed by atoms with Crippen LogP contribution >= 0.6 is 11.6 Å². The minimum atomic E-state index is -0.346. The summed E-state index contributed by atoms with van der Waals surface area (Å²) in [6.45, 7) is 1.81. The number of nitrogens with one attached hydrogen (secondary N) is 1. The summed E-state index contributed by atoms with van der Waals surface area (Å²) in [6, 6.07) is 6.42. The summed E-state index contributed by atoms with van der Waals surface area (Å²) in [7, 11) is 0. The first-order chi connectivity index (χ1) is 9.15. The number of anilines is 2. The Kier molecular flexibility index (Phi) is 2.79. The number of nitrogens with zero attached hydrogens (tertiary/aromatic N) is 4. The SMILES string of the molecule is Cc1cccc(F)c1Nc1cc(Cl)nc2ncnn12. The third kappa shape index (κ3) is 2.10. The molecule has 5 nitrogen and oxygen atoms in total. The molecule has 1 aromatic carbocycles. The molecule has 0 aliphatic rings. The van der Waals surface area contributed by atoms with Gasteiger partial charge in [0.15, 0.2) is 0 Å². The molecule has 19 heavy (non-hydrogen) atoms. The molecule has 0 radical (unpaired) electrons. The number of halogens is 2. The van der Waals surface area contributed by atoms with Crippen molar-refractivity contribution in [1.29, 1.82) is 0 Å². The van der Waals surface area contributed by atoms with Crippen LogP contribution in [0, 0.1) is 12.7 Å². The second-order valence-electron chi connectivity index (χ2n) is 3.99. The van der Waals surface area contributed by atoms with E-state index < -0.39 is 0 Å². The normalized spacial score (nSPS) is 10.9. The first-order valence-corrected chi connectivity index (χ1v) is 5.91. The van der Waals surface area contributed by atoms with Gasteiger partial charge in [0, 0.05) is 6.07 Å². The second kappa shape index (κ2) is 4.47. The summed E-state index contributed by atoms with van der Waals surface area (Å²) in [5.41, 5.74) is 1.16. The van der Waals surface area contributed by atoms with Gasteiger partial charge in [0.1, 0.15) is 23.1 Å². The zero-order valence-corrected chi connectivity index (χ0v) is 10.7. The third-order valence-corrected chi connectivity index (χ3v) is 2.89. The molecular formula is C12H9ClFN5. The Balaban J connectivity index is 2.13. The van der Waals surface area contributed by atoms with Crippen molar-refractivity contribution in [2.75, 3.05) is 5.32 Å². The van der Waals surface area contributed by atoms with Crippen molar-refractivity contribution >= 4 is 28.9 Å². The average molecular weight is 278 g/mol. The van der Waals surface area contributed by atoms with Crippen LogP contribution in [0.4, 0.5) is 15.9 Å². The van der Waals surface area contributed by atoms with Crippen LogP contribution in [0.3, 0.4) is 0 Å². The molecule has 2 aromatic heterocycles. The molecule has 0 spiro atoms. The number of para-hydroxylation sites is 1. The molecule has 0 fully saturated rings. The molecule has 3 rings (SSSR count). The lowest BCUT2D eigenvalue weighted by atomic mass is 10.2. The van der Waals surface area contributed by atoms with Crippen LogP contribution in [0.25, 0.3) is 5.78 Å². The van der Waals surface area contributed by atoms with Gasteiger partial charge in [0.05, 0.1) is 5.69 Å². The minimum Gasteiger partial charge on any atom is -0.337 e. The smallest absolute Gasteiger partial charge is 0.255 e. The molecule has 7 heteroatoms. The van der Waals surface area contributed by atoms with E-state index in [1.807, 2.05) is 13.0 Å². The van der Waals surface area contributed by atoms with E-state index in [0.717, 1.165) is 5.56 Å². The minimum absolute atomic E-state index is 0.261. The van der Waals surface area contributed by atoms with E-state index in [2.05, 4.69) is 20.4 Å². The molecule has 0 unspecified atom stereocenters. The van der Waals surface area contributed by atoms with Gasteiger partial charge in [-0.2, -0.15) is 19.6 Å². The lowest BCUT2D eigenvalue weighted by molar-refractivity contribution is 0.630. The highest BCUT2D eigenvalue weighted by atomic mass is 35.5. The largest absolute Gasteiger partial charge is 0.337 e. The predicted octanol–water partition coefficient (Wildman–Crippen LogP) is 2.97. The van der Waals surface area contributed by atoms with Gasteiger partial charge in [-0.05, 0) is 18.6 Å². The standard InChI is InChI=1S/C12H9ClFN5/c1-7-3-2-4-8(14)11(7)18-10-5-9(13)17-12-15-6-16-19(10)12/h2-6,18H,1H3. The van der Waals surface area contributed by atoms with E-state index in [9.17, 15) is 4.39 Å². The molecule has 1 N–H and O–H groups in total.